The van der Waals surface area contributed by atoms with Gasteiger partial charge in [0, 0.05) is 0 Å². The van der Waals surface area contributed by atoms with Crippen LogP contribution in [0.3, 0.4) is 0 Å². The Bertz CT molecular complexity index is 3360. The second-order valence-electron chi connectivity index (χ2n) is 24.7. The molecule has 10 aromatic carbocycles. The second kappa shape index (κ2) is 29.6. The van der Waals surface area contributed by atoms with E-state index in [1.165, 1.54) is 0 Å². The lowest BCUT2D eigenvalue weighted by Crippen LogP contribution is -2.06. The van der Waals surface area contributed by atoms with E-state index in [0.717, 1.165) is 151 Å². The number of rotatable bonds is 27. The SMILES string of the molecule is Cc1cc(C)cc(OCc2cc(COc3cc(C)cc(C)c3)cc(OCc3cc(COc4cc(COc5cc(C)cc(C)c5)cc(COc5cc(C)cc(C)c5)c4)cc(COc4cc(COc5cc(C)cc(C)c5)cc(COc5cc(C)cc(C)c5)c4)c3)c2)c1. The van der Waals surface area contributed by atoms with Crippen molar-refractivity contribution in [1.82, 2.24) is 0 Å². The summed E-state index contributed by atoms with van der Waals surface area (Å²) < 4.78 is 59.0. The van der Waals surface area contributed by atoms with E-state index in [0.29, 0.717) is 56.9 Å². The standard InChI is InChI=1S/C81H84O9/c1-52-13-53(2)20-73(19-52)82-46-67-34-68(47-83-74-21-54(3)14-55(4)22-74)38-79(37-67)88-43-64-31-65(44-89-80-39-69(48-84-75-23-56(5)15-57(6)24-75)35-70(40-80)49-85-76-25-58(7)16-59(8)26-76)33-66(32-64)45-90-81-41-71(50-86-77-27-60(9)17-61(10)28-77)36-72(42-81)51-87-78-29-62(11)18-63(12)30-78/h13-42H,43-51H2,1-12H3. The molecular weight excluding hydrogens is 1120 g/mol. The lowest BCUT2D eigenvalue weighted by molar-refractivity contribution is 0.282. The monoisotopic (exact) mass is 1200 g/mol. The van der Waals surface area contributed by atoms with Gasteiger partial charge in [0.25, 0.3) is 0 Å². The van der Waals surface area contributed by atoms with Crippen molar-refractivity contribution >= 4 is 0 Å². The number of benzene rings is 10. The van der Waals surface area contributed by atoms with Crippen LogP contribution in [0, 0.1) is 83.1 Å². The van der Waals surface area contributed by atoms with Crippen LogP contribution in [0.5, 0.6) is 51.7 Å². The van der Waals surface area contributed by atoms with Gasteiger partial charge in [-0.2, -0.15) is 0 Å². The molecule has 0 N–H and O–H groups in total. The molecule has 9 heteroatoms. The van der Waals surface area contributed by atoms with E-state index in [1.807, 2.05) is 0 Å². The van der Waals surface area contributed by atoms with Gasteiger partial charge in [0.15, 0.2) is 0 Å². The van der Waals surface area contributed by atoms with Gasteiger partial charge in [-0.05, 0) is 346 Å². The van der Waals surface area contributed by atoms with Crippen LogP contribution in [-0.4, -0.2) is 0 Å². The predicted octanol–water partition coefficient (Wildman–Crippen LogP) is 19.6. The van der Waals surface area contributed by atoms with Crippen LogP contribution in [0.15, 0.2) is 182 Å². The Morgan fingerprint density at radius 1 is 0.133 bits per heavy atom. The van der Waals surface area contributed by atoms with Crippen molar-refractivity contribution in [3.63, 3.8) is 0 Å². The Morgan fingerprint density at radius 3 is 0.356 bits per heavy atom. The average molecular weight is 1200 g/mol. The van der Waals surface area contributed by atoms with Crippen molar-refractivity contribution in [2.45, 2.75) is 143 Å². The molecule has 10 aromatic rings. The Labute approximate surface area is 533 Å². The summed E-state index contributed by atoms with van der Waals surface area (Å²) in [7, 11) is 0. The summed E-state index contributed by atoms with van der Waals surface area (Å²) in [5, 5.41) is 0. The van der Waals surface area contributed by atoms with E-state index in [-0.39, 0.29) is 19.8 Å². The van der Waals surface area contributed by atoms with Gasteiger partial charge in [-0.25, -0.2) is 0 Å². The van der Waals surface area contributed by atoms with Crippen molar-refractivity contribution in [2.75, 3.05) is 0 Å². The molecule has 0 unspecified atom stereocenters. The minimum atomic E-state index is 0.260. The van der Waals surface area contributed by atoms with Gasteiger partial charge in [0.05, 0.1) is 0 Å². The zero-order valence-electron chi connectivity index (χ0n) is 54.4. The fraction of sp³-hybridized carbons (Fsp3) is 0.259. The van der Waals surface area contributed by atoms with Crippen molar-refractivity contribution in [3.05, 3.63) is 299 Å². The maximum Gasteiger partial charge on any atom is 0.120 e. The fourth-order valence-electron chi connectivity index (χ4n) is 11.6. The number of hydrogen-bond donors (Lipinski definition) is 0. The summed E-state index contributed by atoms with van der Waals surface area (Å²) >= 11 is 0. The molecule has 0 fully saturated rings. The molecular formula is C81H84O9. The molecule has 0 heterocycles. The highest BCUT2D eigenvalue weighted by Gasteiger charge is 2.14. The van der Waals surface area contributed by atoms with Gasteiger partial charge >= 0.3 is 0 Å². The van der Waals surface area contributed by atoms with Crippen LogP contribution in [0.2, 0.25) is 0 Å². The Balaban J connectivity index is 0.951. The zero-order chi connectivity index (χ0) is 63.3. The van der Waals surface area contributed by atoms with Crippen LogP contribution in [0.1, 0.15) is 117 Å². The molecule has 9 nitrogen and oxygen atoms in total. The van der Waals surface area contributed by atoms with E-state index in [9.17, 15) is 0 Å². The fourth-order valence-corrected chi connectivity index (χ4v) is 11.6. The molecule has 0 spiro atoms. The molecule has 0 amide bonds. The van der Waals surface area contributed by atoms with Crippen LogP contribution < -0.4 is 42.6 Å². The van der Waals surface area contributed by atoms with Crippen LogP contribution in [-0.2, 0) is 59.5 Å². The first-order valence-electron chi connectivity index (χ1n) is 30.9. The maximum atomic E-state index is 6.82. The first-order valence-corrected chi connectivity index (χ1v) is 30.9. The Hall–Kier alpha value is -9.60. The highest BCUT2D eigenvalue weighted by Crippen LogP contribution is 2.30. The number of ether oxygens (including phenoxy) is 9. The van der Waals surface area contributed by atoms with Crippen LogP contribution in [0.25, 0.3) is 0 Å². The van der Waals surface area contributed by atoms with Gasteiger partial charge in [-0.3, -0.25) is 0 Å². The largest absolute Gasteiger partial charge is 0.489 e. The topological polar surface area (TPSA) is 83.1 Å². The molecule has 462 valence electrons. The van der Waals surface area contributed by atoms with Crippen molar-refractivity contribution < 1.29 is 42.6 Å². The van der Waals surface area contributed by atoms with E-state index < -0.39 is 0 Å². The lowest BCUT2D eigenvalue weighted by atomic mass is 10.1. The van der Waals surface area contributed by atoms with E-state index in [2.05, 4.69) is 265 Å². The molecule has 0 bridgehead atoms. The molecule has 90 heavy (non-hydrogen) atoms. The summed E-state index contributed by atoms with van der Waals surface area (Å²) in [6.45, 7) is 27.9. The van der Waals surface area contributed by atoms with Crippen molar-refractivity contribution in [2.24, 2.45) is 0 Å². The third-order valence-corrected chi connectivity index (χ3v) is 15.0. The highest BCUT2D eigenvalue weighted by molar-refractivity contribution is 5.43. The van der Waals surface area contributed by atoms with Gasteiger partial charge in [-0.1, -0.05) is 36.4 Å². The summed E-state index contributed by atoms with van der Waals surface area (Å²) in [6, 6.07) is 62.8. The molecule has 0 saturated carbocycles. The maximum absolute atomic E-state index is 6.82. The smallest absolute Gasteiger partial charge is 0.120 e. The molecule has 0 aliphatic heterocycles. The van der Waals surface area contributed by atoms with Gasteiger partial charge in [0.1, 0.15) is 111 Å². The molecule has 0 saturated heterocycles. The van der Waals surface area contributed by atoms with Crippen LogP contribution in [0.4, 0.5) is 0 Å². The first kappa shape index (κ1) is 63.4. The average Bonchev–Trinajstić information content (AvgIpc) is 3.69. The summed E-state index contributed by atoms with van der Waals surface area (Å²) in [4.78, 5) is 0. The van der Waals surface area contributed by atoms with Crippen molar-refractivity contribution in [1.29, 1.82) is 0 Å². The first-order chi connectivity index (χ1) is 43.3. The third kappa shape index (κ3) is 19.4. The van der Waals surface area contributed by atoms with E-state index >= 15 is 0 Å². The highest BCUT2D eigenvalue weighted by atomic mass is 16.5. The Morgan fingerprint density at radius 2 is 0.233 bits per heavy atom. The van der Waals surface area contributed by atoms with Crippen molar-refractivity contribution in [3.8, 4) is 51.7 Å². The van der Waals surface area contributed by atoms with Gasteiger partial charge < -0.3 is 42.6 Å². The quantitative estimate of drug-likeness (QED) is 0.0500. The molecule has 0 radical (unpaired) electrons. The number of aryl methyl sites for hydroxylation is 12. The number of hydrogen-bond acceptors (Lipinski definition) is 9. The normalized spacial score (nSPS) is 11.1. The molecule has 0 aliphatic carbocycles. The van der Waals surface area contributed by atoms with E-state index in [1.54, 1.807) is 0 Å². The molecule has 0 aromatic heterocycles. The van der Waals surface area contributed by atoms with Crippen LogP contribution >= 0.6 is 0 Å². The Kier molecular flexibility index (Phi) is 20.9. The third-order valence-electron chi connectivity index (χ3n) is 15.0. The van der Waals surface area contributed by atoms with E-state index in [4.69, 9.17) is 42.6 Å². The molecule has 10 rings (SSSR count). The second-order valence-corrected chi connectivity index (χ2v) is 24.7. The summed E-state index contributed by atoms with van der Waals surface area (Å²) in [5.41, 5.74) is 22.3. The molecule has 0 aliphatic rings. The minimum absolute atomic E-state index is 0.260. The summed E-state index contributed by atoms with van der Waals surface area (Å²) in [6.07, 6.45) is 0. The lowest BCUT2D eigenvalue weighted by Gasteiger charge is -2.17. The zero-order valence-corrected chi connectivity index (χ0v) is 54.4. The molecule has 0 atom stereocenters. The predicted molar refractivity (Wildman–Crippen MR) is 360 cm³/mol. The summed E-state index contributed by atoms with van der Waals surface area (Å²) in [5.74, 6) is 7.00. The minimum Gasteiger partial charge on any atom is -0.489 e. The van der Waals surface area contributed by atoms with Gasteiger partial charge in [-0.15, -0.1) is 0 Å². The van der Waals surface area contributed by atoms with Gasteiger partial charge in [0.2, 0.25) is 0 Å².